The van der Waals surface area contributed by atoms with Crippen LogP contribution in [-0.2, 0) is 24.8 Å². The highest BCUT2D eigenvalue weighted by molar-refractivity contribution is 6.62. The lowest BCUT2D eigenvalue weighted by Crippen LogP contribution is -2.49. The van der Waals surface area contributed by atoms with Gasteiger partial charge >= 0.3 is 14.6 Å². The quantitative estimate of drug-likeness (QED) is 0.0788. The molecule has 1 spiro atoms. The standard InChI is InChI=1S/C69H90B2NO4/c1-17-67(15,40-24-26-46(3)4)48-36-38-54-55-39-37-49(68(16,18-2)41-25-27-47(5)6)43-60(55)69(59(54)42-48)57-33-20-19-32-56(57)62-58(69)34-23-35-61(62)72(52-30-21-28-50(44-52)70-74-64(9,10)63(7,8)73)53-31-22-29-51(45-53)71-75-65(11,12)66(13,14)76-71/h19-23,28-39,42,44-47,49,73H,17-18,24-27,40-41,43H2,1-16H3. The Morgan fingerprint density at radius 2 is 1.33 bits per heavy atom. The first-order valence-electron chi connectivity index (χ1n) is 29.2. The molecule has 5 aromatic rings. The largest absolute Gasteiger partial charge is 0.494 e. The summed E-state index contributed by atoms with van der Waals surface area (Å²) in [5.41, 5.74) is 14.3. The van der Waals surface area contributed by atoms with Crippen LogP contribution in [0.2, 0.25) is 0 Å². The predicted octanol–water partition coefficient (Wildman–Crippen LogP) is 16.7. The van der Waals surface area contributed by atoms with E-state index in [1.165, 1.54) is 83.0 Å². The Morgan fingerprint density at radius 1 is 0.697 bits per heavy atom. The van der Waals surface area contributed by atoms with E-state index in [2.05, 4.69) is 209 Å². The molecule has 5 nitrogen and oxygen atoms in total. The molecular formula is C69H90B2NO4. The average molecular weight is 1020 g/mol. The molecule has 1 aliphatic heterocycles. The molecule has 3 aliphatic carbocycles. The summed E-state index contributed by atoms with van der Waals surface area (Å²) in [6.45, 7) is 35.3. The molecule has 1 saturated heterocycles. The Labute approximate surface area is 460 Å². The predicted molar refractivity (Wildman–Crippen MR) is 323 cm³/mol. The molecule has 1 fully saturated rings. The SMILES string of the molecule is CCC(C)(CCCC(C)C)c1ccc2c(c1)C1(C3=C2C=CC(C(C)(CC)CCCC(C)C)C3)c2ccccc2-c2c(N(c3cccc([B]OC(C)(C)C(C)(C)O)c3)c3cccc(B4OC(C)(C)C(C)(C)O4)c3)cccc21. The number of fused-ring (bicyclic) bond motifs is 9. The van der Waals surface area contributed by atoms with Crippen LogP contribution in [0.5, 0.6) is 0 Å². The number of benzene rings is 5. The van der Waals surface area contributed by atoms with Gasteiger partial charge in [-0.05, 0) is 190 Å². The highest BCUT2D eigenvalue weighted by Crippen LogP contribution is 2.67. The van der Waals surface area contributed by atoms with E-state index in [1.54, 1.807) is 26.9 Å². The number of allylic oxidation sites excluding steroid dienone is 4. The van der Waals surface area contributed by atoms with Crippen LogP contribution in [0, 0.1) is 23.2 Å². The van der Waals surface area contributed by atoms with Gasteiger partial charge in [-0.3, -0.25) is 0 Å². The third kappa shape index (κ3) is 9.96. The highest BCUT2D eigenvalue weighted by atomic mass is 16.7. The van der Waals surface area contributed by atoms with E-state index in [9.17, 15) is 5.11 Å². The normalized spacial score (nSPS) is 20.9. The molecule has 7 heteroatoms. The maximum atomic E-state index is 11.1. The van der Waals surface area contributed by atoms with Crippen molar-refractivity contribution in [3.8, 4) is 11.1 Å². The fourth-order valence-corrected chi connectivity index (χ4v) is 12.8. The number of aliphatic hydroxyl groups is 1. The lowest BCUT2D eigenvalue weighted by atomic mass is 9.62. The third-order valence-electron chi connectivity index (χ3n) is 19.7. The molecule has 4 atom stereocenters. The molecule has 0 aromatic heterocycles. The van der Waals surface area contributed by atoms with Crippen molar-refractivity contribution in [3.63, 3.8) is 0 Å². The molecule has 1 radical (unpaired) electrons. The van der Waals surface area contributed by atoms with Gasteiger partial charge in [-0.1, -0.05) is 184 Å². The molecule has 9 rings (SSSR count). The number of anilines is 3. The van der Waals surface area contributed by atoms with E-state index in [1.807, 2.05) is 13.8 Å². The second kappa shape index (κ2) is 20.9. The summed E-state index contributed by atoms with van der Waals surface area (Å²) in [7, 11) is 1.27. The van der Waals surface area contributed by atoms with Crippen molar-refractivity contribution in [1.29, 1.82) is 0 Å². The van der Waals surface area contributed by atoms with E-state index in [0.717, 1.165) is 47.3 Å². The molecule has 401 valence electrons. The fourth-order valence-electron chi connectivity index (χ4n) is 12.8. The van der Waals surface area contributed by atoms with Crippen LogP contribution in [0.3, 0.4) is 0 Å². The molecule has 1 N–H and O–H groups in total. The van der Waals surface area contributed by atoms with Crippen molar-refractivity contribution >= 4 is 48.2 Å². The van der Waals surface area contributed by atoms with E-state index < -0.39 is 34.9 Å². The van der Waals surface area contributed by atoms with E-state index in [0.29, 0.717) is 17.8 Å². The Bertz CT molecular complexity index is 2980. The summed E-state index contributed by atoms with van der Waals surface area (Å²) >= 11 is 0. The zero-order valence-corrected chi connectivity index (χ0v) is 49.4. The van der Waals surface area contributed by atoms with Gasteiger partial charge in [-0.25, -0.2) is 0 Å². The molecule has 4 aliphatic rings. The minimum atomic E-state index is -1.07. The first-order valence-corrected chi connectivity index (χ1v) is 29.2. The number of rotatable bonds is 20. The Balaban J connectivity index is 1.28. The van der Waals surface area contributed by atoms with Gasteiger partial charge in [0.1, 0.15) is 0 Å². The summed E-state index contributed by atoms with van der Waals surface area (Å²) in [6, 6.07) is 41.6. The van der Waals surface area contributed by atoms with Gasteiger partial charge in [0.2, 0.25) is 0 Å². The van der Waals surface area contributed by atoms with Crippen molar-refractivity contribution in [3.05, 3.63) is 155 Å². The molecular weight excluding hydrogens is 928 g/mol. The molecule has 5 aromatic carbocycles. The summed E-state index contributed by atoms with van der Waals surface area (Å²) in [5, 5.41) is 11.1. The van der Waals surface area contributed by atoms with E-state index in [-0.39, 0.29) is 10.8 Å². The van der Waals surface area contributed by atoms with Gasteiger partial charge in [0, 0.05) is 16.9 Å². The molecule has 4 unspecified atom stereocenters. The highest BCUT2D eigenvalue weighted by Gasteiger charge is 2.56. The van der Waals surface area contributed by atoms with E-state index >= 15 is 0 Å². The summed E-state index contributed by atoms with van der Waals surface area (Å²) in [5.74, 6) is 1.79. The summed E-state index contributed by atoms with van der Waals surface area (Å²) in [6.07, 6.45) is 15.8. The molecule has 0 saturated carbocycles. The lowest BCUT2D eigenvalue weighted by molar-refractivity contribution is -0.0893. The fraction of sp³-hybridized carbons (Fsp3) is 0.507. The van der Waals surface area contributed by atoms with Gasteiger partial charge in [-0.15, -0.1) is 0 Å². The van der Waals surface area contributed by atoms with Crippen LogP contribution in [0.25, 0.3) is 16.7 Å². The third-order valence-corrected chi connectivity index (χ3v) is 19.7. The smallest absolute Gasteiger partial charge is 0.427 e. The maximum Gasteiger partial charge on any atom is 0.494 e. The minimum Gasteiger partial charge on any atom is -0.427 e. The van der Waals surface area contributed by atoms with Crippen molar-refractivity contribution < 1.29 is 19.1 Å². The van der Waals surface area contributed by atoms with Crippen LogP contribution in [0.15, 0.2) is 127 Å². The van der Waals surface area contributed by atoms with Gasteiger partial charge in [0.05, 0.1) is 33.5 Å². The average Bonchev–Trinajstić information content (AvgIpc) is 4.14. The first-order chi connectivity index (χ1) is 35.8. The Morgan fingerprint density at radius 3 is 1.99 bits per heavy atom. The van der Waals surface area contributed by atoms with Crippen LogP contribution in [0.4, 0.5) is 17.1 Å². The minimum absolute atomic E-state index is 0.0411. The zero-order chi connectivity index (χ0) is 54.8. The van der Waals surface area contributed by atoms with Gasteiger partial charge in [0.15, 0.2) is 0 Å². The van der Waals surface area contributed by atoms with Crippen molar-refractivity contribution in [2.45, 2.75) is 202 Å². The van der Waals surface area contributed by atoms with Gasteiger partial charge in [-0.2, -0.15) is 0 Å². The van der Waals surface area contributed by atoms with Crippen LogP contribution in [0.1, 0.15) is 196 Å². The second-order valence-electron chi connectivity index (χ2n) is 26.7. The topological polar surface area (TPSA) is 51.2 Å². The molecule has 76 heavy (non-hydrogen) atoms. The van der Waals surface area contributed by atoms with E-state index in [4.69, 9.17) is 14.0 Å². The summed E-state index contributed by atoms with van der Waals surface area (Å²) in [4.78, 5) is 2.44. The Hall–Kier alpha value is -4.65. The van der Waals surface area contributed by atoms with Crippen molar-refractivity contribution in [2.24, 2.45) is 23.2 Å². The monoisotopic (exact) mass is 1020 g/mol. The summed E-state index contributed by atoms with van der Waals surface area (Å²) < 4.78 is 19.9. The number of hydrogen-bond donors (Lipinski definition) is 1. The van der Waals surface area contributed by atoms with Crippen molar-refractivity contribution in [2.75, 3.05) is 4.90 Å². The maximum absolute atomic E-state index is 11.1. The lowest BCUT2D eigenvalue weighted by Gasteiger charge is -2.41. The first kappa shape index (κ1) is 56.1. The molecule has 0 bridgehead atoms. The number of nitrogens with zero attached hydrogens (tertiary/aromatic N) is 1. The zero-order valence-electron chi connectivity index (χ0n) is 49.4. The van der Waals surface area contributed by atoms with Gasteiger partial charge in [0.25, 0.3) is 0 Å². The number of hydrogen-bond acceptors (Lipinski definition) is 5. The molecule has 1 heterocycles. The Kier molecular flexibility index (Phi) is 15.4. The molecule has 0 amide bonds. The van der Waals surface area contributed by atoms with Crippen LogP contribution < -0.4 is 15.8 Å². The van der Waals surface area contributed by atoms with Gasteiger partial charge < -0.3 is 24.0 Å². The second-order valence-corrected chi connectivity index (χ2v) is 26.7. The van der Waals surface area contributed by atoms with Crippen LogP contribution >= 0.6 is 0 Å². The van der Waals surface area contributed by atoms with Crippen molar-refractivity contribution in [1.82, 2.24) is 0 Å². The van der Waals surface area contributed by atoms with Crippen LogP contribution in [-0.4, -0.2) is 42.1 Å².